The molecule has 4 heteroatoms. The highest BCUT2D eigenvalue weighted by Crippen LogP contribution is 2.27. The Morgan fingerprint density at radius 2 is 2.44 bits per heavy atom. The second kappa shape index (κ2) is 5.27. The summed E-state index contributed by atoms with van der Waals surface area (Å²) >= 11 is 1.80. The molecule has 0 aliphatic carbocycles. The van der Waals surface area contributed by atoms with Gasteiger partial charge in [0.25, 0.3) is 0 Å². The summed E-state index contributed by atoms with van der Waals surface area (Å²) in [4.78, 5) is 3.72. The Morgan fingerprint density at radius 1 is 1.62 bits per heavy atom. The van der Waals surface area contributed by atoms with Crippen molar-refractivity contribution in [3.63, 3.8) is 0 Å². The largest absolute Gasteiger partial charge is 0.374 e. The predicted molar refractivity (Wildman–Crippen MR) is 68.1 cm³/mol. The maximum Gasteiger partial charge on any atom is 0.0897 e. The molecule has 1 saturated heterocycles. The smallest absolute Gasteiger partial charge is 0.0897 e. The third-order valence-corrected chi connectivity index (χ3v) is 4.07. The summed E-state index contributed by atoms with van der Waals surface area (Å²) in [5.74, 6) is 0. The van der Waals surface area contributed by atoms with E-state index in [-0.39, 0.29) is 6.10 Å². The summed E-state index contributed by atoms with van der Waals surface area (Å²) in [5, 5.41) is 5.54. The molecular formula is C12H20N2OS. The van der Waals surface area contributed by atoms with E-state index in [4.69, 9.17) is 4.74 Å². The van der Waals surface area contributed by atoms with Crippen molar-refractivity contribution in [1.82, 2.24) is 10.2 Å². The molecule has 90 valence electrons. The molecule has 2 heterocycles. The van der Waals surface area contributed by atoms with Crippen molar-refractivity contribution in [1.29, 1.82) is 0 Å². The van der Waals surface area contributed by atoms with Crippen molar-refractivity contribution < 1.29 is 4.74 Å². The lowest BCUT2D eigenvalue weighted by atomic mass is 10.0. The number of rotatable bonds is 3. The molecule has 0 spiro atoms. The van der Waals surface area contributed by atoms with Gasteiger partial charge >= 0.3 is 0 Å². The Balaban J connectivity index is 2.13. The molecule has 1 fully saturated rings. The first-order valence-corrected chi connectivity index (χ1v) is 6.61. The van der Waals surface area contributed by atoms with Crippen LogP contribution in [-0.4, -0.2) is 44.8 Å². The van der Waals surface area contributed by atoms with Gasteiger partial charge in [-0.2, -0.15) is 0 Å². The SMILES string of the molecule is CNC(c1ccsc1C)C1CN(C)CCO1. The van der Waals surface area contributed by atoms with Crippen molar-refractivity contribution >= 4 is 11.3 Å². The van der Waals surface area contributed by atoms with E-state index in [1.54, 1.807) is 11.3 Å². The van der Waals surface area contributed by atoms with E-state index in [1.165, 1.54) is 10.4 Å². The third-order valence-electron chi connectivity index (χ3n) is 3.21. The van der Waals surface area contributed by atoms with E-state index < -0.39 is 0 Å². The van der Waals surface area contributed by atoms with Crippen LogP contribution in [-0.2, 0) is 4.74 Å². The molecular weight excluding hydrogens is 220 g/mol. The standard InChI is InChI=1S/C12H20N2OS/c1-9-10(4-7-16-9)12(13-2)11-8-14(3)5-6-15-11/h4,7,11-13H,5-6,8H2,1-3H3. The molecule has 3 nitrogen and oxygen atoms in total. The number of hydrogen-bond acceptors (Lipinski definition) is 4. The number of nitrogens with zero attached hydrogens (tertiary/aromatic N) is 1. The van der Waals surface area contributed by atoms with Crippen molar-refractivity contribution in [2.45, 2.75) is 19.1 Å². The van der Waals surface area contributed by atoms with Crippen molar-refractivity contribution in [3.8, 4) is 0 Å². The fourth-order valence-corrected chi connectivity index (χ4v) is 3.02. The summed E-state index contributed by atoms with van der Waals surface area (Å²) in [5.41, 5.74) is 1.38. The van der Waals surface area contributed by atoms with Gasteiger partial charge in [-0.15, -0.1) is 11.3 Å². The Labute approximate surface area is 101 Å². The zero-order chi connectivity index (χ0) is 11.5. The molecule has 1 aliphatic heterocycles. The maximum absolute atomic E-state index is 5.88. The fourth-order valence-electron chi connectivity index (χ4n) is 2.27. The number of thiophene rings is 1. The number of nitrogens with one attached hydrogen (secondary N) is 1. The zero-order valence-electron chi connectivity index (χ0n) is 10.2. The van der Waals surface area contributed by atoms with Crippen LogP contribution < -0.4 is 5.32 Å². The normalized spacial score (nSPS) is 24.6. The molecule has 0 radical (unpaired) electrons. The summed E-state index contributed by atoms with van der Waals surface area (Å²) < 4.78 is 5.88. The van der Waals surface area contributed by atoms with Crippen molar-refractivity contribution in [2.75, 3.05) is 33.8 Å². The monoisotopic (exact) mass is 240 g/mol. The van der Waals surface area contributed by atoms with Crippen LogP contribution in [0, 0.1) is 6.92 Å². The summed E-state index contributed by atoms with van der Waals surface area (Å²) in [6.07, 6.45) is 0.261. The average Bonchev–Trinajstić information content (AvgIpc) is 2.67. The van der Waals surface area contributed by atoms with Gasteiger partial charge in [0.1, 0.15) is 0 Å². The number of ether oxygens (including phenoxy) is 1. The van der Waals surface area contributed by atoms with Gasteiger partial charge in [-0.3, -0.25) is 0 Å². The lowest BCUT2D eigenvalue weighted by Gasteiger charge is -2.35. The summed E-state index contributed by atoms with van der Waals surface area (Å²) in [7, 11) is 4.17. The van der Waals surface area contributed by atoms with Gasteiger partial charge in [-0.05, 0) is 38.0 Å². The zero-order valence-corrected chi connectivity index (χ0v) is 11.0. The highest BCUT2D eigenvalue weighted by molar-refractivity contribution is 7.10. The van der Waals surface area contributed by atoms with Gasteiger partial charge in [0.15, 0.2) is 0 Å². The fraction of sp³-hybridized carbons (Fsp3) is 0.667. The number of aryl methyl sites for hydroxylation is 1. The molecule has 0 bridgehead atoms. The highest BCUT2D eigenvalue weighted by Gasteiger charge is 2.28. The lowest BCUT2D eigenvalue weighted by molar-refractivity contribution is -0.0380. The molecule has 1 N–H and O–H groups in total. The first-order chi connectivity index (χ1) is 7.72. The second-order valence-corrected chi connectivity index (χ2v) is 5.49. The quantitative estimate of drug-likeness (QED) is 0.869. The van der Waals surface area contributed by atoms with Gasteiger partial charge in [-0.25, -0.2) is 0 Å². The first kappa shape index (κ1) is 12.0. The number of morpholine rings is 1. The van der Waals surface area contributed by atoms with Gasteiger partial charge in [0, 0.05) is 18.0 Å². The van der Waals surface area contributed by atoms with Gasteiger partial charge in [0.2, 0.25) is 0 Å². The van der Waals surface area contributed by atoms with Gasteiger partial charge < -0.3 is 15.0 Å². The first-order valence-electron chi connectivity index (χ1n) is 5.73. The molecule has 0 aromatic carbocycles. The van der Waals surface area contributed by atoms with E-state index in [0.717, 1.165) is 19.7 Å². The molecule has 1 aromatic rings. The Morgan fingerprint density at radius 3 is 3.00 bits per heavy atom. The van der Waals surface area contributed by atoms with Crippen LogP contribution in [0.15, 0.2) is 11.4 Å². The molecule has 16 heavy (non-hydrogen) atoms. The number of likely N-dealkylation sites (N-methyl/N-ethyl adjacent to an activating group) is 2. The molecule has 2 atom stereocenters. The summed E-state index contributed by atoms with van der Waals surface area (Å²) in [6.45, 7) is 5.05. The van der Waals surface area contributed by atoms with Crippen LogP contribution >= 0.6 is 11.3 Å². The van der Waals surface area contributed by atoms with Gasteiger partial charge in [0.05, 0.1) is 18.8 Å². The molecule has 1 aliphatic rings. The Hall–Kier alpha value is -0.420. The topological polar surface area (TPSA) is 24.5 Å². The molecule has 2 rings (SSSR count). The van der Waals surface area contributed by atoms with Gasteiger partial charge in [-0.1, -0.05) is 0 Å². The predicted octanol–water partition coefficient (Wildman–Crippen LogP) is 1.65. The molecule has 2 unspecified atom stereocenters. The van der Waals surface area contributed by atoms with Crippen LogP contribution in [0.3, 0.4) is 0 Å². The highest BCUT2D eigenvalue weighted by atomic mass is 32.1. The minimum absolute atomic E-state index is 0.261. The van der Waals surface area contributed by atoms with Crippen LogP contribution in [0.5, 0.6) is 0 Å². The third kappa shape index (κ3) is 2.46. The van der Waals surface area contributed by atoms with E-state index in [2.05, 4.69) is 35.6 Å². The molecule has 0 saturated carbocycles. The summed E-state index contributed by atoms with van der Waals surface area (Å²) in [6, 6.07) is 2.52. The average molecular weight is 240 g/mol. The van der Waals surface area contributed by atoms with Crippen LogP contribution in [0.25, 0.3) is 0 Å². The van der Waals surface area contributed by atoms with E-state index in [1.807, 2.05) is 7.05 Å². The van der Waals surface area contributed by atoms with Crippen molar-refractivity contribution in [2.24, 2.45) is 0 Å². The van der Waals surface area contributed by atoms with Crippen LogP contribution in [0.2, 0.25) is 0 Å². The van der Waals surface area contributed by atoms with Crippen LogP contribution in [0.4, 0.5) is 0 Å². The van der Waals surface area contributed by atoms with E-state index in [0.29, 0.717) is 6.04 Å². The lowest BCUT2D eigenvalue weighted by Crippen LogP contribution is -2.46. The van der Waals surface area contributed by atoms with Crippen LogP contribution in [0.1, 0.15) is 16.5 Å². The minimum atomic E-state index is 0.261. The molecule has 0 amide bonds. The maximum atomic E-state index is 5.88. The van der Waals surface area contributed by atoms with E-state index in [9.17, 15) is 0 Å². The Bertz CT molecular complexity index is 340. The second-order valence-electron chi connectivity index (χ2n) is 4.37. The molecule has 1 aromatic heterocycles. The number of hydrogen-bond donors (Lipinski definition) is 1. The van der Waals surface area contributed by atoms with E-state index >= 15 is 0 Å². The van der Waals surface area contributed by atoms with Crippen molar-refractivity contribution in [3.05, 3.63) is 21.9 Å². The minimum Gasteiger partial charge on any atom is -0.374 e. The Kier molecular flexibility index (Phi) is 3.97.